The summed E-state index contributed by atoms with van der Waals surface area (Å²) in [4.78, 5) is 0. The molecule has 0 aliphatic rings. The number of hydrazine groups is 1. The normalized spacial score (nSPS) is 9.83. The van der Waals surface area contributed by atoms with E-state index in [9.17, 15) is 0 Å². The predicted molar refractivity (Wildman–Crippen MR) is 53.1 cm³/mol. The highest BCUT2D eigenvalue weighted by atomic mass is 15.3. The molecule has 0 atom stereocenters. The third-order valence-corrected chi connectivity index (χ3v) is 1.80. The van der Waals surface area contributed by atoms with E-state index in [1.54, 1.807) is 0 Å². The van der Waals surface area contributed by atoms with E-state index < -0.39 is 0 Å². The van der Waals surface area contributed by atoms with E-state index in [2.05, 4.69) is 42.9 Å². The molecule has 2 heteroatoms. The largest absolute Gasteiger partial charge is 0.321 e. The van der Waals surface area contributed by atoms with Crippen LogP contribution < -0.4 is 10.9 Å². The Morgan fingerprint density at radius 3 is 2.58 bits per heavy atom. The van der Waals surface area contributed by atoms with Crippen LogP contribution in [0, 0.1) is 0 Å². The van der Waals surface area contributed by atoms with Gasteiger partial charge in [0.1, 0.15) is 0 Å². The highest BCUT2D eigenvalue weighted by Gasteiger charge is 1.95. The van der Waals surface area contributed by atoms with Crippen LogP contribution >= 0.6 is 0 Å². The highest BCUT2D eigenvalue weighted by Crippen LogP contribution is 2.13. The summed E-state index contributed by atoms with van der Waals surface area (Å²) in [7, 11) is 0. The lowest BCUT2D eigenvalue weighted by atomic mass is 10.1. The van der Waals surface area contributed by atoms with Gasteiger partial charge >= 0.3 is 0 Å². The Labute approximate surface area is 74.0 Å². The topological polar surface area (TPSA) is 24.1 Å². The number of aryl methyl sites for hydroxylation is 1. The summed E-state index contributed by atoms with van der Waals surface area (Å²) in [6.45, 7) is 5.16. The van der Waals surface area contributed by atoms with Crippen LogP contribution in [0.5, 0.6) is 0 Å². The first-order chi connectivity index (χ1) is 5.88. The van der Waals surface area contributed by atoms with Gasteiger partial charge in [0.2, 0.25) is 0 Å². The zero-order valence-corrected chi connectivity index (χ0v) is 7.72. The van der Waals surface area contributed by atoms with Gasteiger partial charge < -0.3 is 5.43 Å². The summed E-state index contributed by atoms with van der Waals surface area (Å²) in [6, 6.07) is 8.33. The van der Waals surface area contributed by atoms with Gasteiger partial charge in [0.25, 0.3) is 0 Å². The Balaban J connectivity index is 2.68. The molecule has 12 heavy (non-hydrogen) atoms. The van der Waals surface area contributed by atoms with Gasteiger partial charge in [0, 0.05) is 6.54 Å². The van der Waals surface area contributed by atoms with Crippen LogP contribution in [0.3, 0.4) is 0 Å². The number of hydrogen-bond donors (Lipinski definition) is 2. The van der Waals surface area contributed by atoms with E-state index in [1.165, 1.54) is 11.3 Å². The molecule has 1 aromatic rings. The second-order valence-corrected chi connectivity index (χ2v) is 2.67. The van der Waals surface area contributed by atoms with Gasteiger partial charge in [-0.25, -0.2) is 5.43 Å². The van der Waals surface area contributed by atoms with Crippen LogP contribution in [0.15, 0.2) is 24.3 Å². The summed E-state index contributed by atoms with van der Waals surface area (Å²) < 4.78 is 0. The zero-order chi connectivity index (χ0) is 8.81. The first kappa shape index (κ1) is 9.07. The quantitative estimate of drug-likeness (QED) is 0.666. The molecular formula is C10H16N2. The fraction of sp³-hybridized carbons (Fsp3) is 0.400. The van der Waals surface area contributed by atoms with E-state index in [0.717, 1.165) is 13.0 Å². The van der Waals surface area contributed by atoms with Crippen molar-refractivity contribution in [2.45, 2.75) is 20.3 Å². The number of benzene rings is 1. The van der Waals surface area contributed by atoms with Crippen molar-refractivity contribution in [2.75, 3.05) is 12.0 Å². The minimum absolute atomic E-state index is 0.929. The van der Waals surface area contributed by atoms with Gasteiger partial charge in [-0.3, -0.25) is 0 Å². The maximum Gasteiger partial charge on any atom is 0.0519 e. The van der Waals surface area contributed by atoms with E-state index in [-0.39, 0.29) is 0 Å². The average molecular weight is 164 g/mol. The molecule has 0 saturated heterocycles. The predicted octanol–water partition coefficient (Wildman–Crippen LogP) is 2.19. The van der Waals surface area contributed by atoms with Crippen LogP contribution in [-0.4, -0.2) is 6.54 Å². The SMILES string of the molecule is CCNNc1ccccc1CC. The molecule has 0 aliphatic heterocycles. The fourth-order valence-electron chi connectivity index (χ4n) is 1.13. The van der Waals surface area contributed by atoms with Crippen LogP contribution in [0.2, 0.25) is 0 Å². The lowest BCUT2D eigenvalue weighted by Crippen LogP contribution is -2.21. The van der Waals surface area contributed by atoms with Gasteiger partial charge in [-0.2, -0.15) is 0 Å². The van der Waals surface area contributed by atoms with E-state index in [4.69, 9.17) is 0 Å². The molecule has 2 N–H and O–H groups in total. The summed E-state index contributed by atoms with van der Waals surface area (Å²) >= 11 is 0. The van der Waals surface area contributed by atoms with Crippen molar-refractivity contribution in [3.63, 3.8) is 0 Å². The van der Waals surface area contributed by atoms with Gasteiger partial charge in [0.15, 0.2) is 0 Å². The molecule has 0 radical (unpaired) electrons. The standard InChI is InChI=1S/C10H16N2/c1-3-9-7-5-6-8-10(9)12-11-4-2/h5-8,11-12H,3-4H2,1-2H3. The smallest absolute Gasteiger partial charge is 0.0519 e. The van der Waals surface area contributed by atoms with Crippen molar-refractivity contribution in [1.29, 1.82) is 0 Å². The summed E-state index contributed by atoms with van der Waals surface area (Å²) in [5.41, 5.74) is 8.78. The average Bonchev–Trinajstić information content (AvgIpc) is 2.15. The highest BCUT2D eigenvalue weighted by molar-refractivity contribution is 5.50. The molecule has 1 rings (SSSR count). The molecule has 0 saturated carbocycles. The molecule has 0 fully saturated rings. The minimum atomic E-state index is 0.929. The monoisotopic (exact) mass is 164 g/mol. The number of anilines is 1. The van der Waals surface area contributed by atoms with E-state index in [1.807, 2.05) is 6.07 Å². The minimum Gasteiger partial charge on any atom is -0.321 e. The molecule has 2 nitrogen and oxygen atoms in total. The van der Waals surface area contributed by atoms with Crippen molar-refractivity contribution in [3.05, 3.63) is 29.8 Å². The van der Waals surface area contributed by atoms with Gasteiger partial charge in [-0.15, -0.1) is 0 Å². The summed E-state index contributed by atoms with van der Waals surface area (Å²) in [5.74, 6) is 0. The summed E-state index contributed by atoms with van der Waals surface area (Å²) in [6.07, 6.45) is 1.06. The number of hydrogen-bond acceptors (Lipinski definition) is 2. The molecule has 0 bridgehead atoms. The zero-order valence-electron chi connectivity index (χ0n) is 7.72. The molecule has 0 heterocycles. The van der Waals surface area contributed by atoms with Crippen molar-refractivity contribution < 1.29 is 0 Å². The first-order valence-corrected chi connectivity index (χ1v) is 4.45. The van der Waals surface area contributed by atoms with Crippen molar-refractivity contribution in [3.8, 4) is 0 Å². The van der Waals surface area contributed by atoms with Gasteiger partial charge in [-0.05, 0) is 18.1 Å². The van der Waals surface area contributed by atoms with Crippen molar-refractivity contribution >= 4 is 5.69 Å². The van der Waals surface area contributed by atoms with Gasteiger partial charge in [-0.1, -0.05) is 32.0 Å². The van der Waals surface area contributed by atoms with Crippen LogP contribution in [0.4, 0.5) is 5.69 Å². The summed E-state index contributed by atoms with van der Waals surface area (Å²) in [5, 5.41) is 0. The molecule has 0 unspecified atom stereocenters. The van der Waals surface area contributed by atoms with Crippen LogP contribution in [0.25, 0.3) is 0 Å². The Bertz CT molecular complexity index is 233. The van der Waals surface area contributed by atoms with Crippen LogP contribution in [0.1, 0.15) is 19.4 Å². The number of nitrogens with one attached hydrogen (secondary N) is 2. The fourth-order valence-corrected chi connectivity index (χ4v) is 1.13. The third-order valence-electron chi connectivity index (χ3n) is 1.80. The molecule has 0 spiro atoms. The Morgan fingerprint density at radius 2 is 1.92 bits per heavy atom. The van der Waals surface area contributed by atoms with Crippen molar-refractivity contribution in [1.82, 2.24) is 5.43 Å². The third kappa shape index (κ3) is 2.24. The Morgan fingerprint density at radius 1 is 1.17 bits per heavy atom. The molecule has 1 aromatic carbocycles. The van der Waals surface area contributed by atoms with Crippen LogP contribution in [-0.2, 0) is 6.42 Å². The lowest BCUT2D eigenvalue weighted by Gasteiger charge is -2.09. The maximum atomic E-state index is 3.16. The molecule has 0 aliphatic carbocycles. The Kier molecular flexibility index (Phi) is 3.61. The maximum absolute atomic E-state index is 3.16. The van der Waals surface area contributed by atoms with Crippen molar-refractivity contribution in [2.24, 2.45) is 0 Å². The number of para-hydroxylation sites is 1. The molecule has 0 amide bonds. The lowest BCUT2D eigenvalue weighted by molar-refractivity contribution is 0.840. The molecule has 66 valence electrons. The Hall–Kier alpha value is -1.02. The molecule has 0 aromatic heterocycles. The van der Waals surface area contributed by atoms with E-state index in [0.29, 0.717) is 0 Å². The first-order valence-electron chi connectivity index (χ1n) is 4.45. The molecular weight excluding hydrogens is 148 g/mol. The van der Waals surface area contributed by atoms with Gasteiger partial charge in [0.05, 0.1) is 5.69 Å². The van der Waals surface area contributed by atoms with E-state index >= 15 is 0 Å². The number of rotatable bonds is 4. The second-order valence-electron chi connectivity index (χ2n) is 2.67. The second kappa shape index (κ2) is 4.78.